The molecule has 0 heterocycles. The number of rotatable bonds is 20. The molecule has 0 spiro atoms. The average molecular weight is 539 g/mol. The van der Waals surface area contributed by atoms with Gasteiger partial charge in [-0.2, -0.15) is 10.2 Å². The highest BCUT2D eigenvalue weighted by atomic mass is 16.5. The van der Waals surface area contributed by atoms with Crippen LogP contribution >= 0.6 is 0 Å². The van der Waals surface area contributed by atoms with Crippen LogP contribution < -0.4 is 20.3 Å². The number of hydrogen-bond acceptors (Lipinski definition) is 7. The van der Waals surface area contributed by atoms with Gasteiger partial charge in [0.1, 0.15) is 24.7 Å². The molecule has 9 heteroatoms. The van der Waals surface area contributed by atoms with Crippen molar-refractivity contribution in [1.29, 1.82) is 0 Å². The molecule has 2 N–H and O–H groups in total. The van der Waals surface area contributed by atoms with Gasteiger partial charge in [-0.05, 0) is 72.5 Å². The number of carbonyl (C=O) groups excluding carboxylic acids is 2. The zero-order valence-electron chi connectivity index (χ0n) is 23.2. The Labute approximate surface area is 232 Å². The number of nitrogens with zero attached hydrogens (tertiary/aromatic N) is 2. The lowest BCUT2D eigenvalue weighted by Crippen LogP contribution is -2.28. The first kappa shape index (κ1) is 31.5. The zero-order valence-corrected chi connectivity index (χ0v) is 23.2. The molecule has 0 aliphatic rings. The third-order valence-corrected chi connectivity index (χ3v) is 5.57. The monoisotopic (exact) mass is 538 g/mol. The fraction of sp³-hybridized carbons (Fsp3) is 0.467. The van der Waals surface area contributed by atoms with Crippen LogP contribution in [-0.2, 0) is 14.3 Å². The Kier molecular flexibility index (Phi) is 16.4. The van der Waals surface area contributed by atoms with Gasteiger partial charge in [-0.15, -0.1) is 0 Å². The predicted molar refractivity (Wildman–Crippen MR) is 154 cm³/mol. The van der Waals surface area contributed by atoms with E-state index in [0.29, 0.717) is 13.2 Å². The highest BCUT2D eigenvalue weighted by molar-refractivity contribution is 5.84. The van der Waals surface area contributed by atoms with Gasteiger partial charge in [-0.3, -0.25) is 9.59 Å². The molecule has 212 valence electrons. The molecule has 0 fully saturated rings. The summed E-state index contributed by atoms with van der Waals surface area (Å²) < 4.78 is 16.5. The van der Waals surface area contributed by atoms with E-state index in [9.17, 15) is 9.59 Å². The maximum absolute atomic E-state index is 11.9. The molecule has 0 aromatic heterocycles. The minimum atomic E-state index is -0.470. The van der Waals surface area contributed by atoms with Crippen LogP contribution in [0, 0.1) is 0 Å². The first-order chi connectivity index (χ1) is 19.1. The lowest BCUT2D eigenvalue weighted by atomic mass is 10.2. The van der Waals surface area contributed by atoms with Gasteiger partial charge >= 0.3 is 0 Å². The van der Waals surface area contributed by atoms with E-state index in [1.807, 2.05) is 48.5 Å². The average Bonchev–Trinajstić information content (AvgIpc) is 2.94. The standard InChI is InChI=1S/C30H42N4O5/c1-3-5-7-9-19-38-27-15-11-25(12-16-27)21-31-33-29(35)23-37-24-30(36)34-32-22-26-13-17-28(18-14-26)39-20-10-8-6-4-2/h11-18,21-22H,3-10,19-20,23-24H2,1-2H3,(H,33,35)(H,34,36)/b31-21-,32-22-. The van der Waals surface area contributed by atoms with Crippen LogP contribution in [0.4, 0.5) is 0 Å². The topological polar surface area (TPSA) is 111 Å². The molecule has 0 aliphatic carbocycles. The third kappa shape index (κ3) is 15.3. The summed E-state index contributed by atoms with van der Waals surface area (Å²) >= 11 is 0. The fourth-order valence-corrected chi connectivity index (χ4v) is 3.40. The summed E-state index contributed by atoms with van der Waals surface area (Å²) in [6, 6.07) is 14.9. The number of benzene rings is 2. The molecular formula is C30H42N4O5. The zero-order chi connectivity index (χ0) is 28.0. The maximum Gasteiger partial charge on any atom is 0.266 e. The van der Waals surface area contributed by atoms with E-state index in [2.05, 4.69) is 34.9 Å². The van der Waals surface area contributed by atoms with Gasteiger partial charge < -0.3 is 14.2 Å². The Morgan fingerprint density at radius 1 is 0.641 bits per heavy atom. The number of ether oxygens (including phenoxy) is 3. The van der Waals surface area contributed by atoms with Gasteiger partial charge in [0.25, 0.3) is 11.8 Å². The first-order valence-electron chi connectivity index (χ1n) is 13.8. The molecule has 0 saturated carbocycles. The summed E-state index contributed by atoms with van der Waals surface area (Å²) in [6.07, 6.45) is 12.3. The normalized spacial score (nSPS) is 11.1. The van der Waals surface area contributed by atoms with Crippen LogP contribution in [0.1, 0.15) is 76.3 Å². The lowest BCUT2D eigenvalue weighted by Gasteiger charge is -2.06. The number of carbonyl (C=O) groups is 2. The largest absolute Gasteiger partial charge is 0.494 e. The van der Waals surface area contributed by atoms with E-state index < -0.39 is 11.8 Å². The van der Waals surface area contributed by atoms with Crippen molar-refractivity contribution >= 4 is 24.2 Å². The molecule has 2 rings (SSSR count). The Bertz CT molecular complexity index is 926. The molecule has 2 aromatic rings. The Balaban J connectivity index is 1.56. The van der Waals surface area contributed by atoms with Gasteiger partial charge in [0.15, 0.2) is 0 Å². The molecule has 0 bridgehead atoms. The van der Waals surface area contributed by atoms with Gasteiger partial charge in [0, 0.05) is 0 Å². The van der Waals surface area contributed by atoms with E-state index >= 15 is 0 Å². The van der Waals surface area contributed by atoms with Crippen molar-refractivity contribution in [3.63, 3.8) is 0 Å². The highest BCUT2D eigenvalue weighted by Crippen LogP contribution is 2.13. The van der Waals surface area contributed by atoms with Crippen LogP contribution in [0.2, 0.25) is 0 Å². The molecule has 0 saturated heterocycles. The van der Waals surface area contributed by atoms with E-state index in [1.165, 1.54) is 51.0 Å². The maximum atomic E-state index is 11.9. The van der Waals surface area contributed by atoms with E-state index in [4.69, 9.17) is 14.2 Å². The molecule has 2 aromatic carbocycles. The van der Waals surface area contributed by atoms with Crippen molar-refractivity contribution in [3.05, 3.63) is 59.7 Å². The summed E-state index contributed by atoms with van der Waals surface area (Å²) in [4.78, 5) is 23.7. The van der Waals surface area contributed by atoms with Crippen LogP contribution in [-0.4, -0.2) is 50.7 Å². The van der Waals surface area contributed by atoms with Crippen LogP contribution in [0.15, 0.2) is 58.7 Å². The van der Waals surface area contributed by atoms with Crippen molar-refractivity contribution in [3.8, 4) is 11.5 Å². The van der Waals surface area contributed by atoms with Crippen molar-refractivity contribution in [1.82, 2.24) is 10.9 Å². The van der Waals surface area contributed by atoms with E-state index in [1.54, 1.807) is 0 Å². The highest BCUT2D eigenvalue weighted by Gasteiger charge is 2.04. The minimum absolute atomic E-state index is 0.306. The Hall–Kier alpha value is -3.72. The number of hydrazone groups is 2. The van der Waals surface area contributed by atoms with Gasteiger partial charge in [-0.1, -0.05) is 52.4 Å². The van der Waals surface area contributed by atoms with Crippen LogP contribution in [0.25, 0.3) is 0 Å². The second-order valence-electron chi connectivity index (χ2n) is 9.04. The van der Waals surface area contributed by atoms with Crippen molar-refractivity contribution in [2.24, 2.45) is 10.2 Å². The number of hydrogen-bond donors (Lipinski definition) is 2. The predicted octanol–water partition coefficient (Wildman–Crippen LogP) is 5.22. The molecular weight excluding hydrogens is 496 g/mol. The molecule has 9 nitrogen and oxygen atoms in total. The van der Waals surface area contributed by atoms with E-state index in [-0.39, 0.29) is 13.2 Å². The Morgan fingerprint density at radius 3 is 1.44 bits per heavy atom. The van der Waals surface area contributed by atoms with Crippen molar-refractivity contribution < 1.29 is 23.8 Å². The summed E-state index contributed by atoms with van der Waals surface area (Å²) in [5.74, 6) is 0.670. The fourth-order valence-electron chi connectivity index (χ4n) is 3.40. The van der Waals surface area contributed by atoms with Crippen LogP contribution in [0.3, 0.4) is 0 Å². The van der Waals surface area contributed by atoms with Gasteiger partial charge in [0.05, 0.1) is 25.6 Å². The molecule has 39 heavy (non-hydrogen) atoms. The van der Waals surface area contributed by atoms with Crippen LogP contribution in [0.5, 0.6) is 11.5 Å². The van der Waals surface area contributed by atoms with Gasteiger partial charge in [-0.25, -0.2) is 10.9 Å². The molecule has 0 radical (unpaired) electrons. The number of unbranched alkanes of at least 4 members (excludes halogenated alkanes) is 6. The van der Waals surface area contributed by atoms with E-state index in [0.717, 1.165) is 35.5 Å². The molecule has 0 unspecified atom stereocenters. The smallest absolute Gasteiger partial charge is 0.266 e. The quantitative estimate of drug-likeness (QED) is 0.136. The SMILES string of the molecule is CCCCCCOc1ccc(/C=N\NC(=O)COCC(=O)N/N=C\c2ccc(OCCCCCC)cc2)cc1. The summed E-state index contributed by atoms with van der Waals surface area (Å²) in [6.45, 7) is 5.16. The summed E-state index contributed by atoms with van der Waals surface area (Å²) in [5.41, 5.74) is 6.37. The minimum Gasteiger partial charge on any atom is -0.494 e. The van der Waals surface area contributed by atoms with Crippen molar-refractivity contribution in [2.75, 3.05) is 26.4 Å². The van der Waals surface area contributed by atoms with Gasteiger partial charge in [0.2, 0.25) is 0 Å². The summed E-state index contributed by atoms with van der Waals surface area (Å²) in [5, 5.41) is 7.81. The number of amides is 2. The third-order valence-electron chi connectivity index (χ3n) is 5.57. The molecule has 0 atom stereocenters. The molecule has 2 amide bonds. The lowest BCUT2D eigenvalue weighted by molar-refractivity contribution is -0.130. The first-order valence-corrected chi connectivity index (χ1v) is 13.8. The second kappa shape index (κ2) is 20.3. The second-order valence-corrected chi connectivity index (χ2v) is 9.04. The number of nitrogens with one attached hydrogen (secondary N) is 2. The van der Waals surface area contributed by atoms with Crippen molar-refractivity contribution in [2.45, 2.75) is 65.2 Å². The Morgan fingerprint density at radius 2 is 1.05 bits per heavy atom. The molecule has 0 aliphatic heterocycles. The summed E-state index contributed by atoms with van der Waals surface area (Å²) in [7, 11) is 0.